The summed E-state index contributed by atoms with van der Waals surface area (Å²) in [4.78, 5) is 26.2. The lowest BCUT2D eigenvalue weighted by Crippen LogP contribution is -2.18. The van der Waals surface area contributed by atoms with Crippen molar-refractivity contribution in [1.29, 1.82) is 0 Å². The van der Waals surface area contributed by atoms with E-state index in [1.54, 1.807) is 67.6 Å². The average Bonchev–Trinajstić information content (AvgIpc) is 3.14. The molecule has 1 N–H and O–H groups in total. The Morgan fingerprint density at radius 2 is 1.77 bits per heavy atom. The Morgan fingerprint density at radius 1 is 1.03 bits per heavy atom. The van der Waals surface area contributed by atoms with Crippen molar-refractivity contribution in [3.05, 3.63) is 82.9 Å². The summed E-state index contributed by atoms with van der Waals surface area (Å²) in [5, 5.41) is 7.34. The Labute approximate surface area is 179 Å². The smallest absolute Gasteiger partial charge is 0.282 e. The van der Waals surface area contributed by atoms with Gasteiger partial charge in [-0.1, -0.05) is 18.2 Å². The number of fused-ring (bicyclic) bond motifs is 1. The molecule has 2 aromatic rings. The number of benzene rings is 2. The third-order valence-corrected chi connectivity index (χ3v) is 4.87. The second-order valence-electron chi connectivity index (χ2n) is 6.90. The van der Waals surface area contributed by atoms with E-state index in [-0.39, 0.29) is 11.5 Å². The topological polar surface area (TPSA) is 87.4 Å². The van der Waals surface area contributed by atoms with E-state index in [0.29, 0.717) is 47.1 Å². The summed E-state index contributed by atoms with van der Waals surface area (Å²) in [5.74, 6) is 0.328. The number of pyridine rings is 1. The molecule has 0 unspecified atom stereocenters. The minimum Gasteiger partial charge on any atom is -0.497 e. The first-order valence-electron chi connectivity index (χ1n) is 9.73. The van der Waals surface area contributed by atoms with E-state index in [1.807, 2.05) is 18.2 Å². The van der Waals surface area contributed by atoms with Gasteiger partial charge in [0.25, 0.3) is 11.5 Å². The highest BCUT2D eigenvalue weighted by Gasteiger charge is 2.24. The molecule has 2 heterocycles. The predicted molar refractivity (Wildman–Crippen MR) is 117 cm³/mol. The van der Waals surface area contributed by atoms with Crippen LogP contribution in [0.15, 0.2) is 71.8 Å². The number of carbonyl (C=O) groups excluding carboxylic acids is 1. The van der Waals surface area contributed by atoms with Crippen LogP contribution >= 0.6 is 0 Å². The molecule has 4 rings (SSSR count). The summed E-state index contributed by atoms with van der Waals surface area (Å²) < 4.78 is 13.4. The maximum Gasteiger partial charge on any atom is 0.282 e. The largest absolute Gasteiger partial charge is 0.497 e. The molecule has 0 bridgehead atoms. The van der Waals surface area contributed by atoms with Crippen molar-refractivity contribution in [3.8, 4) is 22.7 Å². The molecule has 31 heavy (non-hydrogen) atoms. The number of nitrogens with one attached hydrogen (secondary N) is 1. The molecule has 2 aliphatic rings. The fourth-order valence-electron chi connectivity index (χ4n) is 3.27. The van der Waals surface area contributed by atoms with Gasteiger partial charge in [0.15, 0.2) is 0 Å². The Kier molecular flexibility index (Phi) is 5.81. The summed E-state index contributed by atoms with van der Waals surface area (Å²) >= 11 is 0. The van der Waals surface area contributed by atoms with Gasteiger partial charge in [0.2, 0.25) is 0 Å². The number of rotatable bonds is 7. The first kappa shape index (κ1) is 20.4. The molecular weight excluding hydrogens is 396 g/mol. The zero-order chi connectivity index (χ0) is 21.8. The molecule has 158 valence electrons. The number of anilines is 1. The summed E-state index contributed by atoms with van der Waals surface area (Å²) in [6.45, 7) is 0.932. The van der Waals surface area contributed by atoms with Crippen LogP contribution in [0.3, 0.4) is 0 Å². The van der Waals surface area contributed by atoms with E-state index in [2.05, 4.69) is 10.4 Å². The van der Waals surface area contributed by atoms with Gasteiger partial charge in [-0.05, 0) is 36.4 Å². The van der Waals surface area contributed by atoms with Crippen molar-refractivity contribution in [1.82, 2.24) is 14.3 Å². The highest BCUT2D eigenvalue weighted by molar-refractivity contribution is 6.08. The van der Waals surface area contributed by atoms with E-state index < -0.39 is 0 Å². The molecular formula is C23H22N4O4. The van der Waals surface area contributed by atoms with Crippen LogP contribution in [0.25, 0.3) is 16.9 Å². The van der Waals surface area contributed by atoms with E-state index in [4.69, 9.17) is 9.47 Å². The Hall–Kier alpha value is -3.91. The minimum absolute atomic E-state index is 0.286. The first-order valence-corrected chi connectivity index (χ1v) is 9.73. The summed E-state index contributed by atoms with van der Waals surface area (Å²) in [5.41, 5.74) is 1.96. The van der Waals surface area contributed by atoms with Crippen molar-refractivity contribution in [2.24, 2.45) is 0 Å². The predicted octanol–water partition coefficient (Wildman–Crippen LogP) is 3.05. The lowest BCUT2D eigenvalue weighted by Gasteiger charge is -2.13. The SMILES string of the molecule is COCCn1cc(C(=O)Nc2ccc(OC)cc2)c2nn(-c3ccccc3)c(=O)c-2c1. The third kappa shape index (κ3) is 4.19. The van der Waals surface area contributed by atoms with Crippen LogP contribution < -0.4 is 15.6 Å². The number of nitrogens with zero attached hydrogens (tertiary/aromatic N) is 3. The number of methoxy groups -OCH3 is 2. The summed E-state index contributed by atoms with van der Waals surface area (Å²) in [6, 6.07) is 16.1. The number of amides is 1. The van der Waals surface area contributed by atoms with Crippen molar-refractivity contribution in [3.63, 3.8) is 0 Å². The standard InChI is InChI=1S/C23H22N4O4/c1-30-13-12-26-14-19(22(28)24-16-8-10-18(31-2)11-9-16)21-20(15-26)23(29)27(25-21)17-6-4-3-5-7-17/h3-11,14-15H,12-13H2,1-2H3,(H,24,28). The lowest BCUT2D eigenvalue weighted by molar-refractivity contribution is 0.102. The van der Waals surface area contributed by atoms with Gasteiger partial charge in [-0.3, -0.25) is 9.59 Å². The van der Waals surface area contributed by atoms with Gasteiger partial charge in [0.05, 0.1) is 30.5 Å². The highest BCUT2D eigenvalue weighted by Crippen LogP contribution is 2.24. The maximum atomic E-state index is 13.1. The van der Waals surface area contributed by atoms with Crippen LogP contribution in [0.1, 0.15) is 10.4 Å². The van der Waals surface area contributed by atoms with Gasteiger partial charge in [-0.25, -0.2) is 0 Å². The van der Waals surface area contributed by atoms with Crippen LogP contribution in [0.5, 0.6) is 5.75 Å². The van der Waals surface area contributed by atoms with Gasteiger partial charge in [-0.2, -0.15) is 9.78 Å². The van der Waals surface area contributed by atoms with Crippen LogP contribution in [0, 0.1) is 0 Å². The van der Waals surface area contributed by atoms with E-state index in [1.165, 1.54) is 4.68 Å². The van der Waals surface area contributed by atoms with Crippen molar-refractivity contribution in [2.45, 2.75) is 6.54 Å². The number of hydrogen-bond donors (Lipinski definition) is 1. The number of aromatic nitrogens is 3. The molecule has 1 amide bonds. The van der Waals surface area contributed by atoms with Crippen molar-refractivity contribution < 1.29 is 14.3 Å². The molecule has 0 fully saturated rings. The van der Waals surface area contributed by atoms with Crippen molar-refractivity contribution in [2.75, 3.05) is 26.1 Å². The molecule has 0 atom stereocenters. The molecule has 8 nitrogen and oxygen atoms in total. The van der Waals surface area contributed by atoms with Gasteiger partial charge in [0, 0.05) is 31.7 Å². The quantitative estimate of drug-likeness (QED) is 0.498. The number of hydrogen-bond acceptors (Lipinski definition) is 5. The molecule has 2 aromatic carbocycles. The monoisotopic (exact) mass is 418 g/mol. The molecule has 8 heteroatoms. The lowest BCUT2D eigenvalue weighted by atomic mass is 10.1. The highest BCUT2D eigenvalue weighted by atomic mass is 16.5. The molecule has 0 saturated heterocycles. The minimum atomic E-state index is -0.361. The van der Waals surface area contributed by atoms with Crippen LogP contribution in [0.4, 0.5) is 5.69 Å². The Balaban J connectivity index is 1.77. The summed E-state index contributed by atoms with van der Waals surface area (Å²) in [7, 11) is 3.18. The fraction of sp³-hybridized carbons (Fsp3) is 0.174. The zero-order valence-corrected chi connectivity index (χ0v) is 17.2. The number of ether oxygens (including phenoxy) is 2. The van der Waals surface area contributed by atoms with Crippen LogP contribution in [-0.4, -0.2) is 41.1 Å². The second-order valence-corrected chi connectivity index (χ2v) is 6.90. The van der Waals surface area contributed by atoms with Crippen LogP contribution in [-0.2, 0) is 11.3 Å². The van der Waals surface area contributed by atoms with E-state index in [9.17, 15) is 9.59 Å². The Morgan fingerprint density at radius 3 is 2.45 bits per heavy atom. The second kappa shape index (κ2) is 8.85. The average molecular weight is 418 g/mol. The summed E-state index contributed by atoms with van der Waals surface area (Å²) in [6.07, 6.45) is 3.38. The van der Waals surface area contributed by atoms with Gasteiger partial charge < -0.3 is 19.4 Å². The van der Waals surface area contributed by atoms with Gasteiger partial charge >= 0.3 is 0 Å². The molecule has 2 aliphatic heterocycles. The number of para-hydroxylation sites is 1. The Bertz CT molecular complexity index is 1210. The molecule has 0 radical (unpaired) electrons. The first-order chi connectivity index (χ1) is 15.1. The third-order valence-electron chi connectivity index (χ3n) is 4.87. The van der Waals surface area contributed by atoms with E-state index in [0.717, 1.165) is 0 Å². The van der Waals surface area contributed by atoms with Gasteiger partial charge in [0.1, 0.15) is 11.4 Å². The number of carbonyl (C=O) groups is 1. The van der Waals surface area contributed by atoms with E-state index >= 15 is 0 Å². The molecule has 0 aliphatic carbocycles. The molecule has 0 saturated carbocycles. The fourth-order valence-corrected chi connectivity index (χ4v) is 3.27. The zero-order valence-electron chi connectivity index (χ0n) is 17.2. The normalized spacial score (nSPS) is 10.9. The van der Waals surface area contributed by atoms with Gasteiger partial charge in [-0.15, -0.1) is 0 Å². The van der Waals surface area contributed by atoms with Crippen LogP contribution in [0.2, 0.25) is 0 Å². The molecule has 0 aromatic heterocycles. The molecule has 0 spiro atoms. The van der Waals surface area contributed by atoms with Crippen molar-refractivity contribution >= 4 is 11.6 Å². The maximum absolute atomic E-state index is 13.1.